The van der Waals surface area contributed by atoms with E-state index in [0.29, 0.717) is 17.4 Å². The van der Waals surface area contributed by atoms with Gasteiger partial charge in [-0.2, -0.15) is 0 Å². The van der Waals surface area contributed by atoms with Crippen LogP contribution in [0.4, 0.5) is 5.82 Å². The lowest BCUT2D eigenvalue weighted by Crippen LogP contribution is -1.99. The first-order valence-electron chi connectivity index (χ1n) is 5.85. The van der Waals surface area contributed by atoms with E-state index in [1.807, 2.05) is 19.1 Å². The van der Waals surface area contributed by atoms with Gasteiger partial charge in [0.15, 0.2) is 11.5 Å². The summed E-state index contributed by atoms with van der Waals surface area (Å²) in [4.78, 5) is 8.24. The Bertz CT molecular complexity index is 616. The van der Waals surface area contributed by atoms with Gasteiger partial charge in [-0.05, 0) is 19.1 Å². The first-order chi connectivity index (χ1) is 9.28. The Morgan fingerprint density at radius 2 is 2.05 bits per heavy atom. The number of aromatic nitrogens is 2. The van der Waals surface area contributed by atoms with Gasteiger partial charge in [0.2, 0.25) is 12.7 Å². The maximum atomic E-state index is 5.75. The van der Waals surface area contributed by atoms with Gasteiger partial charge < -0.3 is 19.5 Å². The van der Waals surface area contributed by atoms with Crippen LogP contribution in [0.2, 0.25) is 0 Å². The zero-order chi connectivity index (χ0) is 13.2. The maximum Gasteiger partial charge on any atom is 0.231 e. The van der Waals surface area contributed by atoms with Crippen LogP contribution in [-0.2, 0) is 0 Å². The lowest BCUT2D eigenvalue weighted by atomic mass is 10.3. The molecule has 19 heavy (non-hydrogen) atoms. The summed E-state index contributed by atoms with van der Waals surface area (Å²) in [5.74, 6) is 3.30. The molecule has 1 aliphatic heterocycles. The number of anilines is 1. The van der Waals surface area contributed by atoms with E-state index in [-0.39, 0.29) is 6.79 Å². The third-order valence-electron chi connectivity index (χ3n) is 2.83. The molecule has 0 radical (unpaired) electrons. The number of benzene rings is 1. The summed E-state index contributed by atoms with van der Waals surface area (Å²) >= 11 is 0. The summed E-state index contributed by atoms with van der Waals surface area (Å²) in [6.45, 7) is 2.14. The average Bonchev–Trinajstić information content (AvgIpc) is 2.88. The number of nitrogens with zero attached hydrogens (tertiary/aromatic N) is 2. The molecule has 6 nitrogen and oxygen atoms in total. The molecule has 0 atom stereocenters. The van der Waals surface area contributed by atoms with Crippen molar-refractivity contribution in [2.75, 3.05) is 19.2 Å². The Morgan fingerprint density at radius 3 is 2.89 bits per heavy atom. The molecule has 0 spiro atoms. The fourth-order valence-electron chi connectivity index (χ4n) is 1.84. The Kier molecular flexibility index (Phi) is 2.83. The molecule has 0 saturated carbocycles. The Balaban J connectivity index is 1.89. The van der Waals surface area contributed by atoms with Crippen LogP contribution in [0.25, 0.3) is 0 Å². The molecule has 1 N–H and O–H groups in total. The van der Waals surface area contributed by atoms with E-state index < -0.39 is 0 Å². The van der Waals surface area contributed by atoms with Crippen LogP contribution < -0.4 is 19.5 Å². The molecule has 2 heterocycles. The first kappa shape index (κ1) is 11.6. The predicted octanol–water partition coefficient (Wildman–Crippen LogP) is 2.35. The fourth-order valence-corrected chi connectivity index (χ4v) is 1.84. The van der Waals surface area contributed by atoms with Gasteiger partial charge in [0.25, 0.3) is 0 Å². The lowest BCUT2D eigenvalue weighted by Gasteiger charge is -2.10. The summed E-state index contributed by atoms with van der Waals surface area (Å²) in [6, 6.07) is 5.41. The number of hydrogen-bond acceptors (Lipinski definition) is 6. The lowest BCUT2D eigenvalue weighted by molar-refractivity contribution is 0.174. The number of ether oxygens (including phenoxy) is 3. The zero-order valence-corrected chi connectivity index (χ0v) is 10.6. The molecule has 6 heteroatoms. The standard InChI is InChI=1S/C13H13N3O3/c1-8-12(14-2)15-6-16-13(8)19-9-3-4-10-11(5-9)18-7-17-10/h3-6H,7H2,1-2H3,(H,14,15,16). The van der Waals surface area contributed by atoms with E-state index in [4.69, 9.17) is 14.2 Å². The maximum absolute atomic E-state index is 5.75. The van der Waals surface area contributed by atoms with Crippen molar-refractivity contribution >= 4 is 5.82 Å². The molecular formula is C13H13N3O3. The Morgan fingerprint density at radius 1 is 1.21 bits per heavy atom. The second-order valence-electron chi connectivity index (χ2n) is 4.02. The summed E-state index contributed by atoms with van der Waals surface area (Å²) in [7, 11) is 1.81. The smallest absolute Gasteiger partial charge is 0.231 e. The van der Waals surface area contributed by atoms with E-state index in [1.165, 1.54) is 6.33 Å². The molecule has 0 amide bonds. The summed E-state index contributed by atoms with van der Waals surface area (Å²) in [5, 5.41) is 2.99. The third-order valence-corrected chi connectivity index (χ3v) is 2.83. The molecule has 1 aliphatic rings. The molecule has 1 aromatic carbocycles. The minimum absolute atomic E-state index is 0.245. The van der Waals surface area contributed by atoms with Gasteiger partial charge in [-0.25, -0.2) is 9.97 Å². The van der Waals surface area contributed by atoms with E-state index in [0.717, 1.165) is 17.1 Å². The predicted molar refractivity (Wildman–Crippen MR) is 69.0 cm³/mol. The number of nitrogens with one attached hydrogen (secondary N) is 1. The van der Waals surface area contributed by atoms with E-state index >= 15 is 0 Å². The highest BCUT2D eigenvalue weighted by atomic mass is 16.7. The number of rotatable bonds is 3. The van der Waals surface area contributed by atoms with Crippen LogP contribution >= 0.6 is 0 Å². The molecule has 0 bridgehead atoms. The van der Waals surface area contributed by atoms with Gasteiger partial charge in [0, 0.05) is 13.1 Å². The van der Waals surface area contributed by atoms with Crippen molar-refractivity contribution in [2.45, 2.75) is 6.92 Å². The van der Waals surface area contributed by atoms with Crippen molar-refractivity contribution in [3.63, 3.8) is 0 Å². The van der Waals surface area contributed by atoms with Crippen molar-refractivity contribution in [3.05, 3.63) is 30.1 Å². The summed E-state index contributed by atoms with van der Waals surface area (Å²) in [5.41, 5.74) is 0.850. The molecule has 0 unspecified atom stereocenters. The summed E-state index contributed by atoms with van der Waals surface area (Å²) < 4.78 is 16.3. The molecule has 98 valence electrons. The minimum Gasteiger partial charge on any atom is -0.454 e. The normalized spacial score (nSPS) is 12.3. The van der Waals surface area contributed by atoms with Gasteiger partial charge in [0.05, 0.1) is 5.56 Å². The van der Waals surface area contributed by atoms with Crippen LogP contribution in [-0.4, -0.2) is 23.8 Å². The van der Waals surface area contributed by atoms with Crippen LogP contribution in [0.5, 0.6) is 23.1 Å². The topological polar surface area (TPSA) is 65.5 Å². The van der Waals surface area contributed by atoms with Crippen LogP contribution in [0.15, 0.2) is 24.5 Å². The molecule has 0 saturated heterocycles. The second-order valence-corrected chi connectivity index (χ2v) is 4.02. The van der Waals surface area contributed by atoms with Crippen molar-refractivity contribution in [3.8, 4) is 23.1 Å². The van der Waals surface area contributed by atoms with Gasteiger partial charge in [-0.1, -0.05) is 0 Å². The molecule has 2 aromatic rings. The molecule has 0 fully saturated rings. The van der Waals surface area contributed by atoms with Gasteiger partial charge in [-0.15, -0.1) is 0 Å². The second kappa shape index (κ2) is 4.64. The highest BCUT2D eigenvalue weighted by Gasteiger charge is 2.15. The average molecular weight is 259 g/mol. The van der Waals surface area contributed by atoms with Crippen molar-refractivity contribution in [1.29, 1.82) is 0 Å². The first-order valence-corrected chi connectivity index (χ1v) is 5.85. The number of hydrogen-bond donors (Lipinski definition) is 1. The Hall–Kier alpha value is -2.50. The van der Waals surface area contributed by atoms with E-state index in [9.17, 15) is 0 Å². The Labute approximate surface area is 110 Å². The number of fused-ring (bicyclic) bond motifs is 1. The molecular weight excluding hydrogens is 246 g/mol. The monoisotopic (exact) mass is 259 g/mol. The summed E-state index contributed by atoms with van der Waals surface area (Å²) in [6.07, 6.45) is 1.46. The van der Waals surface area contributed by atoms with Crippen LogP contribution in [0, 0.1) is 6.92 Å². The quantitative estimate of drug-likeness (QED) is 0.912. The van der Waals surface area contributed by atoms with Crippen LogP contribution in [0.1, 0.15) is 5.56 Å². The largest absolute Gasteiger partial charge is 0.454 e. The van der Waals surface area contributed by atoms with Crippen molar-refractivity contribution in [1.82, 2.24) is 9.97 Å². The van der Waals surface area contributed by atoms with Gasteiger partial charge in [0.1, 0.15) is 17.9 Å². The van der Waals surface area contributed by atoms with Crippen molar-refractivity contribution < 1.29 is 14.2 Å². The fraction of sp³-hybridized carbons (Fsp3) is 0.231. The SMILES string of the molecule is CNc1ncnc(Oc2ccc3c(c2)OCO3)c1C. The molecule has 0 aliphatic carbocycles. The van der Waals surface area contributed by atoms with Crippen molar-refractivity contribution in [2.24, 2.45) is 0 Å². The highest BCUT2D eigenvalue weighted by molar-refractivity contribution is 5.50. The highest BCUT2D eigenvalue weighted by Crippen LogP contribution is 2.36. The third kappa shape index (κ3) is 2.12. The minimum atomic E-state index is 0.245. The zero-order valence-electron chi connectivity index (χ0n) is 10.6. The molecule has 3 rings (SSSR count). The van der Waals surface area contributed by atoms with Gasteiger partial charge >= 0.3 is 0 Å². The van der Waals surface area contributed by atoms with Crippen LogP contribution in [0.3, 0.4) is 0 Å². The van der Waals surface area contributed by atoms with E-state index in [2.05, 4.69) is 15.3 Å². The van der Waals surface area contributed by atoms with E-state index in [1.54, 1.807) is 13.1 Å². The molecule has 1 aromatic heterocycles. The van der Waals surface area contributed by atoms with Gasteiger partial charge in [-0.3, -0.25) is 0 Å².